The van der Waals surface area contributed by atoms with Crippen LogP contribution in [0.2, 0.25) is 0 Å². The van der Waals surface area contributed by atoms with Gasteiger partial charge in [-0.25, -0.2) is 4.98 Å². The first kappa shape index (κ1) is 12.5. The van der Waals surface area contributed by atoms with Crippen LogP contribution >= 0.6 is 15.9 Å². The fourth-order valence-electron chi connectivity index (χ4n) is 1.26. The maximum Gasteiger partial charge on any atom is 0.140 e. The van der Waals surface area contributed by atoms with Gasteiger partial charge in [-0.3, -0.25) is 0 Å². The van der Waals surface area contributed by atoms with E-state index in [1.807, 2.05) is 19.2 Å². The zero-order valence-corrected chi connectivity index (χ0v) is 10.7. The van der Waals surface area contributed by atoms with E-state index in [0.717, 1.165) is 28.8 Å². The Hall–Kier alpha value is -0.610. The highest BCUT2D eigenvalue weighted by Gasteiger charge is 2.04. The molecule has 0 fully saturated rings. The molecule has 0 aliphatic rings. The number of rotatable bonds is 5. The van der Waals surface area contributed by atoms with Gasteiger partial charge in [-0.2, -0.15) is 0 Å². The molecule has 0 saturated heterocycles. The van der Waals surface area contributed by atoms with Crippen molar-refractivity contribution in [2.45, 2.75) is 20.3 Å². The standard InChI is InChI=1S/C11H17BrN2O/c1-8(3-4-15)6-13-11-10(12)5-9(2)7-14-11/h5,7-8,15H,3-4,6H2,1-2H3,(H,13,14). The molecule has 84 valence electrons. The maximum atomic E-state index is 8.77. The maximum absolute atomic E-state index is 8.77. The number of anilines is 1. The highest BCUT2D eigenvalue weighted by atomic mass is 79.9. The molecule has 0 radical (unpaired) electrons. The average Bonchev–Trinajstić information content (AvgIpc) is 2.17. The fourth-order valence-corrected chi connectivity index (χ4v) is 1.86. The van der Waals surface area contributed by atoms with Crippen LogP contribution in [0.3, 0.4) is 0 Å². The molecule has 0 amide bonds. The second kappa shape index (κ2) is 6.08. The SMILES string of the molecule is Cc1cnc(NCC(C)CCO)c(Br)c1. The minimum atomic E-state index is 0.241. The molecule has 0 aliphatic carbocycles. The van der Waals surface area contributed by atoms with E-state index in [1.54, 1.807) is 0 Å². The Labute approximate surface area is 99.1 Å². The molecule has 1 heterocycles. The van der Waals surface area contributed by atoms with Gasteiger partial charge in [0.1, 0.15) is 5.82 Å². The van der Waals surface area contributed by atoms with Gasteiger partial charge in [0.25, 0.3) is 0 Å². The zero-order chi connectivity index (χ0) is 11.3. The minimum Gasteiger partial charge on any atom is -0.396 e. The van der Waals surface area contributed by atoms with Gasteiger partial charge < -0.3 is 10.4 Å². The van der Waals surface area contributed by atoms with Crippen molar-refractivity contribution < 1.29 is 5.11 Å². The van der Waals surface area contributed by atoms with Crippen molar-refractivity contribution in [1.82, 2.24) is 4.98 Å². The number of aryl methyl sites for hydroxylation is 1. The first-order valence-corrected chi connectivity index (χ1v) is 5.89. The van der Waals surface area contributed by atoms with Crippen LogP contribution in [-0.2, 0) is 0 Å². The van der Waals surface area contributed by atoms with Crippen LogP contribution in [0.1, 0.15) is 18.9 Å². The van der Waals surface area contributed by atoms with Crippen LogP contribution in [0.15, 0.2) is 16.7 Å². The molecule has 1 unspecified atom stereocenters. The third-order valence-electron chi connectivity index (χ3n) is 2.22. The van der Waals surface area contributed by atoms with E-state index in [1.165, 1.54) is 0 Å². The van der Waals surface area contributed by atoms with Crippen molar-refractivity contribution in [3.05, 3.63) is 22.3 Å². The van der Waals surface area contributed by atoms with Crippen LogP contribution in [-0.4, -0.2) is 23.2 Å². The number of nitrogens with zero attached hydrogens (tertiary/aromatic N) is 1. The molecule has 1 rings (SSSR count). The third kappa shape index (κ3) is 4.18. The lowest BCUT2D eigenvalue weighted by Crippen LogP contribution is -2.13. The molecule has 0 spiro atoms. The minimum absolute atomic E-state index is 0.241. The van der Waals surface area contributed by atoms with Crippen LogP contribution in [0.5, 0.6) is 0 Å². The van der Waals surface area contributed by atoms with Gasteiger partial charge in [-0.05, 0) is 46.8 Å². The summed E-state index contributed by atoms with van der Waals surface area (Å²) in [4.78, 5) is 4.29. The summed E-state index contributed by atoms with van der Waals surface area (Å²) in [6, 6.07) is 2.03. The average molecular weight is 273 g/mol. The zero-order valence-electron chi connectivity index (χ0n) is 9.13. The molecule has 0 aliphatic heterocycles. The van der Waals surface area contributed by atoms with Crippen molar-refractivity contribution in [3.8, 4) is 0 Å². The van der Waals surface area contributed by atoms with Gasteiger partial charge in [-0.1, -0.05) is 6.92 Å². The Balaban J connectivity index is 2.50. The smallest absolute Gasteiger partial charge is 0.140 e. The van der Waals surface area contributed by atoms with Gasteiger partial charge in [0.05, 0.1) is 4.47 Å². The number of halogens is 1. The van der Waals surface area contributed by atoms with Crippen LogP contribution in [0, 0.1) is 12.8 Å². The Morgan fingerprint density at radius 3 is 2.93 bits per heavy atom. The largest absolute Gasteiger partial charge is 0.396 e. The summed E-state index contributed by atoms with van der Waals surface area (Å²) in [5.41, 5.74) is 1.14. The molecule has 3 nitrogen and oxygen atoms in total. The first-order valence-electron chi connectivity index (χ1n) is 5.10. The topological polar surface area (TPSA) is 45.2 Å². The quantitative estimate of drug-likeness (QED) is 0.866. The Morgan fingerprint density at radius 1 is 1.60 bits per heavy atom. The number of aliphatic hydroxyl groups excluding tert-OH is 1. The highest BCUT2D eigenvalue weighted by molar-refractivity contribution is 9.10. The van der Waals surface area contributed by atoms with E-state index in [0.29, 0.717) is 5.92 Å². The molecule has 4 heteroatoms. The van der Waals surface area contributed by atoms with Gasteiger partial charge >= 0.3 is 0 Å². The molecule has 1 aromatic heterocycles. The van der Waals surface area contributed by atoms with Crippen molar-refractivity contribution in [2.24, 2.45) is 5.92 Å². The fraction of sp³-hybridized carbons (Fsp3) is 0.545. The summed E-state index contributed by atoms with van der Waals surface area (Å²) in [6.45, 7) is 5.18. The van der Waals surface area contributed by atoms with E-state index in [9.17, 15) is 0 Å². The van der Waals surface area contributed by atoms with Gasteiger partial charge in [0.15, 0.2) is 0 Å². The molecule has 15 heavy (non-hydrogen) atoms. The summed E-state index contributed by atoms with van der Waals surface area (Å²) in [6.07, 6.45) is 2.65. The lowest BCUT2D eigenvalue weighted by Gasteiger charge is -2.12. The lowest BCUT2D eigenvalue weighted by molar-refractivity contribution is 0.266. The molecular weight excluding hydrogens is 256 g/mol. The van der Waals surface area contributed by atoms with Crippen molar-refractivity contribution in [2.75, 3.05) is 18.5 Å². The molecule has 1 aromatic rings. The Kier molecular flexibility index (Phi) is 5.05. The monoisotopic (exact) mass is 272 g/mol. The number of pyridine rings is 1. The van der Waals surface area contributed by atoms with Crippen molar-refractivity contribution in [3.63, 3.8) is 0 Å². The third-order valence-corrected chi connectivity index (χ3v) is 2.82. The van der Waals surface area contributed by atoms with Gasteiger partial charge in [0, 0.05) is 19.3 Å². The summed E-state index contributed by atoms with van der Waals surface area (Å²) < 4.78 is 0.985. The van der Waals surface area contributed by atoms with Crippen molar-refractivity contribution in [1.29, 1.82) is 0 Å². The molecule has 2 N–H and O–H groups in total. The predicted octanol–water partition coefficient (Wildman–Crippen LogP) is 2.58. The van der Waals surface area contributed by atoms with Crippen LogP contribution in [0.25, 0.3) is 0 Å². The molecule has 0 bridgehead atoms. The van der Waals surface area contributed by atoms with Crippen LogP contribution in [0.4, 0.5) is 5.82 Å². The lowest BCUT2D eigenvalue weighted by atomic mass is 10.1. The number of aromatic nitrogens is 1. The summed E-state index contributed by atoms with van der Waals surface area (Å²) in [5.74, 6) is 1.32. The number of nitrogens with one attached hydrogen (secondary N) is 1. The second-order valence-corrected chi connectivity index (χ2v) is 4.70. The van der Waals surface area contributed by atoms with Crippen LogP contribution < -0.4 is 5.32 Å². The molecule has 0 aromatic carbocycles. The second-order valence-electron chi connectivity index (χ2n) is 3.84. The number of hydrogen-bond donors (Lipinski definition) is 2. The number of aliphatic hydroxyl groups is 1. The van der Waals surface area contributed by atoms with E-state index in [-0.39, 0.29) is 6.61 Å². The van der Waals surface area contributed by atoms with Gasteiger partial charge in [0.2, 0.25) is 0 Å². The predicted molar refractivity (Wildman–Crippen MR) is 66.0 cm³/mol. The summed E-state index contributed by atoms with van der Waals surface area (Å²) in [5, 5.41) is 12.0. The Bertz CT molecular complexity index is 317. The molecule has 0 saturated carbocycles. The normalized spacial score (nSPS) is 12.5. The Morgan fingerprint density at radius 2 is 2.33 bits per heavy atom. The summed E-state index contributed by atoms with van der Waals surface area (Å²) >= 11 is 3.46. The van der Waals surface area contributed by atoms with E-state index in [2.05, 4.69) is 33.2 Å². The molecular formula is C11H17BrN2O. The number of hydrogen-bond acceptors (Lipinski definition) is 3. The van der Waals surface area contributed by atoms with E-state index in [4.69, 9.17) is 5.11 Å². The van der Waals surface area contributed by atoms with E-state index < -0.39 is 0 Å². The molecule has 1 atom stereocenters. The summed E-state index contributed by atoms with van der Waals surface area (Å²) in [7, 11) is 0. The van der Waals surface area contributed by atoms with Crippen molar-refractivity contribution >= 4 is 21.7 Å². The van der Waals surface area contributed by atoms with E-state index >= 15 is 0 Å². The van der Waals surface area contributed by atoms with Gasteiger partial charge in [-0.15, -0.1) is 0 Å². The highest BCUT2D eigenvalue weighted by Crippen LogP contribution is 2.20. The first-order chi connectivity index (χ1) is 7.13.